The first-order valence-electron chi connectivity index (χ1n) is 12.0. The molecule has 0 amide bonds. The highest BCUT2D eigenvalue weighted by atomic mass is 16.4. The summed E-state index contributed by atoms with van der Waals surface area (Å²) in [6.07, 6.45) is 0. The van der Waals surface area contributed by atoms with Gasteiger partial charge < -0.3 is 25.7 Å². The molecule has 5 N–H and O–H groups in total. The Morgan fingerprint density at radius 2 is 1.10 bits per heavy atom. The van der Waals surface area contributed by atoms with Gasteiger partial charge in [0, 0.05) is 38.9 Å². The van der Waals surface area contributed by atoms with Crippen LogP contribution in [0, 0.1) is 0 Å². The maximum Gasteiger partial charge on any atom is 0.354 e. The fourth-order valence-corrected chi connectivity index (χ4v) is 3.95. The molecule has 0 unspecified atom stereocenters. The van der Waals surface area contributed by atoms with Crippen LogP contribution in [0.4, 0.5) is 5.69 Å². The van der Waals surface area contributed by atoms with E-state index in [4.69, 9.17) is 0 Å². The molecule has 0 saturated carbocycles. The molecule has 40 heavy (non-hydrogen) atoms. The van der Waals surface area contributed by atoms with Gasteiger partial charge in [0.05, 0.1) is 35.9 Å². The quantitative estimate of drug-likeness (QED) is 0.181. The number of nitrogens with one attached hydrogen (secondary N) is 1. The van der Waals surface area contributed by atoms with Gasteiger partial charge in [0.25, 0.3) is 0 Å². The van der Waals surface area contributed by atoms with Gasteiger partial charge in [-0.3, -0.25) is 24.4 Å². The zero-order valence-electron chi connectivity index (χ0n) is 21.5. The summed E-state index contributed by atoms with van der Waals surface area (Å²) in [5, 5.41) is 40.2. The van der Waals surface area contributed by atoms with Crippen molar-refractivity contribution in [3.63, 3.8) is 0 Å². The number of nitrogens with zero attached hydrogens (tertiary/aromatic N) is 5. The van der Waals surface area contributed by atoms with Gasteiger partial charge in [0.2, 0.25) is 0 Å². The number of hydrogen-bond donors (Lipinski definition) is 5. The second kappa shape index (κ2) is 13.7. The average molecular weight is 553 g/mol. The number of rotatable bonds is 15. The standard InChI is InChI=1S/C26H28N6O8/c1-27-19-8-20(30-22(9-19)26(39)40)13-32(15-24(35)36)11-17-5-2-4-16(28-17)10-31(14-23(33)34)12-18-6-3-7-21(29-18)25(37)38/h2-9H,10-15H2,1H3,(H,27,30)(H,33,34)(H,35,36)(H,37,38)(H,39,40). The summed E-state index contributed by atoms with van der Waals surface area (Å²) in [5.74, 6) is -4.59. The maximum atomic E-state index is 11.5. The number of carbonyl (C=O) groups is 4. The SMILES string of the molecule is CNc1cc(CN(CC(=O)O)Cc2cccc(CN(CC(=O)O)Cc3cccc(C(=O)O)n3)n2)nc(C(=O)O)c1. The second-order valence-electron chi connectivity index (χ2n) is 8.80. The van der Waals surface area contributed by atoms with Crippen molar-refractivity contribution in [1.29, 1.82) is 0 Å². The third-order valence-electron chi connectivity index (χ3n) is 5.54. The van der Waals surface area contributed by atoms with Gasteiger partial charge in [-0.05, 0) is 36.4 Å². The summed E-state index contributed by atoms with van der Waals surface area (Å²) in [4.78, 5) is 61.5. The Kier molecular flexibility index (Phi) is 10.2. The van der Waals surface area contributed by atoms with Gasteiger partial charge in [-0.1, -0.05) is 12.1 Å². The summed E-state index contributed by atoms with van der Waals surface area (Å²) in [7, 11) is 1.63. The molecule has 0 spiro atoms. The lowest BCUT2D eigenvalue weighted by atomic mass is 10.2. The smallest absolute Gasteiger partial charge is 0.354 e. The molecule has 14 nitrogen and oxygen atoms in total. The van der Waals surface area contributed by atoms with E-state index >= 15 is 0 Å². The van der Waals surface area contributed by atoms with Gasteiger partial charge in [-0.15, -0.1) is 0 Å². The molecule has 0 radical (unpaired) electrons. The number of carboxylic acids is 4. The summed E-state index contributed by atoms with van der Waals surface area (Å²) >= 11 is 0. The van der Waals surface area contributed by atoms with E-state index in [1.165, 1.54) is 28.0 Å². The minimum absolute atomic E-state index is 0.0325. The van der Waals surface area contributed by atoms with E-state index in [1.54, 1.807) is 37.4 Å². The third kappa shape index (κ3) is 9.11. The summed E-state index contributed by atoms with van der Waals surface area (Å²) in [6.45, 7) is -0.429. The fraction of sp³-hybridized carbons (Fsp3) is 0.269. The lowest BCUT2D eigenvalue weighted by molar-refractivity contribution is -0.139. The Labute approximate surface area is 228 Å². The van der Waals surface area contributed by atoms with Crippen molar-refractivity contribution in [2.75, 3.05) is 25.5 Å². The van der Waals surface area contributed by atoms with Crippen LogP contribution in [0.15, 0.2) is 48.5 Å². The molecule has 0 aromatic carbocycles. The van der Waals surface area contributed by atoms with E-state index < -0.39 is 23.9 Å². The van der Waals surface area contributed by atoms with Gasteiger partial charge in [-0.25, -0.2) is 19.6 Å². The molecule has 3 aromatic heterocycles. The molecule has 3 aromatic rings. The molecule has 14 heteroatoms. The highest BCUT2D eigenvalue weighted by Crippen LogP contribution is 2.15. The van der Waals surface area contributed by atoms with Crippen molar-refractivity contribution in [2.45, 2.75) is 26.2 Å². The average Bonchev–Trinajstić information content (AvgIpc) is 2.88. The predicted octanol–water partition coefficient (Wildman–Crippen LogP) is 1.48. The Balaban J connectivity index is 1.79. The van der Waals surface area contributed by atoms with E-state index in [0.29, 0.717) is 28.5 Å². The van der Waals surface area contributed by atoms with E-state index in [9.17, 15) is 39.6 Å². The van der Waals surface area contributed by atoms with E-state index in [1.807, 2.05) is 0 Å². The van der Waals surface area contributed by atoms with Crippen LogP contribution in [-0.4, -0.2) is 89.2 Å². The second-order valence-corrected chi connectivity index (χ2v) is 8.80. The minimum atomic E-state index is -1.21. The van der Waals surface area contributed by atoms with Gasteiger partial charge in [0.1, 0.15) is 5.69 Å². The Morgan fingerprint density at radius 3 is 1.57 bits per heavy atom. The zero-order valence-corrected chi connectivity index (χ0v) is 21.5. The topological polar surface area (TPSA) is 206 Å². The number of pyridine rings is 3. The number of hydrogen-bond acceptors (Lipinski definition) is 10. The summed E-state index contributed by atoms with van der Waals surface area (Å²) < 4.78 is 0. The van der Waals surface area contributed by atoms with Crippen LogP contribution in [0.1, 0.15) is 43.8 Å². The number of anilines is 1. The Morgan fingerprint density at radius 1 is 0.650 bits per heavy atom. The highest BCUT2D eigenvalue weighted by molar-refractivity contribution is 5.86. The molecule has 0 atom stereocenters. The lowest BCUT2D eigenvalue weighted by Crippen LogP contribution is -2.31. The van der Waals surface area contributed by atoms with Crippen molar-refractivity contribution >= 4 is 29.6 Å². The zero-order chi connectivity index (χ0) is 29.2. The molecule has 210 valence electrons. The first kappa shape index (κ1) is 29.6. The molecular formula is C26H28N6O8. The third-order valence-corrected chi connectivity index (χ3v) is 5.54. The van der Waals surface area contributed by atoms with E-state index in [-0.39, 0.29) is 50.7 Å². The first-order chi connectivity index (χ1) is 19.0. The molecule has 0 aliphatic carbocycles. The van der Waals surface area contributed by atoms with Crippen molar-refractivity contribution in [1.82, 2.24) is 24.8 Å². The molecule has 0 saturated heterocycles. The number of aromatic nitrogens is 3. The van der Waals surface area contributed by atoms with Crippen molar-refractivity contribution < 1.29 is 39.6 Å². The summed E-state index contributed by atoms with van der Waals surface area (Å²) in [6, 6.07) is 12.6. The highest BCUT2D eigenvalue weighted by Gasteiger charge is 2.18. The number of aliphatic carboxylic acids is 2. The van der Waals surface area contributed by atoms with Crippen LogP contribution in [0.25, 0.3) is 0 Å². The van der Waals surface area contributed by atoms with Gasteiger partial charge >= 0.3 is 23.9 Å². The maximum absolute atomic E-state index is 11.5. The van der Waals surface area contributed by atoms with Crippen LogP contribution in [0.3, 0.4) is 0 Å². The number of carboxylic acid groups (broad SMARTS) is 4. The molecule has 0 fully saturated rings. The van der Waals surface area contributed by atoms with Crippen molar-refractivity contribution in [3.05, 3.63) is 82.7 Å². The predicted molar refractivity (Wildman–Crippen MR) is 140 cm³/mol. The van der Waals surface area contributed by atoms with Crippen LogP contribution in [0.2, 0.25) is 0 Å². The molecule has 0 aliphatic heterocycles. The monoisotopic (exact) mass is 552 g/mol. The largest absolute Gasteiger partial charge is 0.480 e. The van der Waals surface area contributed by atoms with E-state index in [2.05, 4.69) is 20.3 Å². The van der Waals surface area contributed by atoms with Crippen molar-refractivity contribution in [2.24, 2.45) is 0 Å². The fourth-order valence-electron chi connectivity index (χ4n) is 3.95. The van der Waals surface area contributed by atoms with Crippen LogP contribution < -0.4 is 5.32 Å². The molecular weight excluding hydrogens is 524 g/mol. The molecule has 3 heterocycles. The Hall–Kier alpha value is -4.95. The van der Waals surface area contributed by atoms with Crippen LogP contribution in [-0.2, 0) is 35.8 Å². The van der Waals surface area contributed by atoms with Crippen molar-refractivity contribution in [3.8, 4) is 0 Å². The van der Waals surface area contributed by atoms with Gasteiger partial charge in [0.15, 0.2) is 5.69 Å². The van der Waals surface area contributed by atoms with E-state index in [0.717, 1.165) is 0 Å². The van der Waals surface area contributed by atoms with Crippen LogP contribution >= 0.6 is 0 Å². The van der Waals surface area contributed by atoms with Gasteiger partial charge in [-0.2, -0.15) is 0 Å². The lowest BCUT2D eigenvalue weighted by Gasteiger charge is -2.22. The Bertz CT molecular complexity index is 1400. The summed E-state index contributed by atoms with van der Waals surface area (Å²) in [5.41, 5.74) is 1.91. The van der Waals surface area contributed by atoms with Crippen LogP contribution in [0.5, 0.6) is 0 Å². The molecule has 3 rings (SSSR count). The minimum Gasteiger partial charge on any atom is -0.480 e. The number of aromatic carboxylic acids is 2. The molecule has 0 aliphatic rings. The normalized spacial score (nSPS) is 11.0. The molecule has 0 bridgehead atoms. The first-order valence-corrected chi connectivity index (χ1v) is 12.0.